The highest BCUT2D eigenvalue weighted by molar-refractivity contribution is 5.39. The van der Waals surface area contributed by atoms with Crippen LogP contribution < -0.4 is 10.1 Å². The van der Waals surface area contributed by atoms with Gasteiger partial charge in [0.25, 0.3) is 0 Å². The first-order chi connectivity index (χ1) is 7.15. The van der Waals surface area contributed by atoms with Gasteiger partial charge >= 0.3 is 0 Å². The lowest BCUT2D eigenvalue weighted by molar-refractivity contribution is 0.396. The third kappa shape index (κ3) is 3.47. The van der Waals surface area contributed by atoms with Crippen molar-refractivity contribution in [2.24, 2.45) is 0 Å². The molecule has 1 unspecified atom stereocenters. The number of anilines is 1. The lowest BCUT2D eigenvalue weighted by Crippen LogP contribution is -2.15. The Morgan fingerprint density at radius 2 is 2.33 bits per heavy atom. The first-order valence-electron chi connectivity index (χ1n) is 4.75. The fraction of sp³-hybridized carbons (Fsp3) is 0.455. The van der Waals surface area contributed by atoms with Crippen molar-refractivity contribution in [3.63, 3.8) is 0 Å². The summed E-state index contributed by atoms with van der Waals surface area (Å²) in [5, 5.41) is 3.18. The molecule has 0 fully saturated rings. The Bertz CT molecular complexity index is 371. The summed E-state index contributed by atoms with van der Waals surface area (Å²) in [6, 6.07) is 1.94. The molecule has 0 saturated carbocycles. The maximum atomic E-state index is 5.22. The number of hydrogen-bond donors (Lipinski definition) is 1. The summed E-state index contributed by atoms with van der Waals surface area (Å²) in [7, 11) is 1.58. The number of aryl methyl sites for hydroxylation is 1. The second-order valence-electron chi connectivity index (χ2n) is 3.30. The maximum Gasteiger partial charge on any atom is 0.218 e. The molecule has 4 nitrogen and oxygen atoms in total. The molecule has 0 saturated heterocycles. The minimum Gasteiger partial charge on any atom is -0.481 e. The molecular weight excluding hydrogens is 190 g/mol. The largest absolute Gasteiger partial charge is 0.481 e. The molecule has 0 radical (unpaired) electrons. The monoisotopic (exact) mass is 205 g/mol. The molecule has 1 heterocycles. The van der Waals surface area contributed by atoms with Crippen LogP contribution in [0.25, 0.3) is 0 Å². The molecule has 0 amide bonds. The molecule has 1 N–H and O–H groups in total. The molecule has 15 heavy (non-hydrogen) atoms. The van der Waals surface area contributed by atoms with E-state index in [0.717, 1.165) is 5.82 Å². The van der Waals surface area contributed by atoms with Gasteiger partial charge in [-0.25, -0.2) is 4.98 Å². The maximum absolute atomic E-state index is 5.22. The van der Waals surface area contributed by atoms with Gasteiger partial charge in [0.2, 0.25) is 5.88 Å². The van der Waals surface area contributed by atoms with E-state index in [1.807, 2.05) is 13.8 Å². The molecule has 0 bridgehead atoms. The second-order valence-corrected chi connectivity index (χ2v) is 3.30. The summed E-state index contributed by atoms with van der Waals surface area (Å²) >= 11 is 0. The van der Waals surface area contributed by atoms with E-state index in [9.17, 15) is 0 Å². The fourth-order valence-electron chi connectivity index (χ4n) is 1.20. The third-order valence-corrected chi connectivity index (χ3v) is 1.84. The minimum absolute atomic E-state index is 0.189. The average molecular weight is 205 g/mol. The van der Waals surface area contributed by atoms with Crippen LogP contribution in [0, 0.1) is 19.3 Å². The van der Waals surface area contributed by atoms with Crippen LogP contribution in [0.5, 0.6) is 5.88 Å². The number of terminal acetylenes is 1. The highest BCUT2D eigenvalue weighted by Gasteiger charge is 2.04. The van der Waals surface area contributed by atoms with Crippen LogP contribution in [0.1, 0.15) is 19.2 Å². The Morgan fingerprint density at radius 3 is 2.93 bits per heavy atom. The predicted octanol–water partition coefficient (Wildman–Crippen LogP) is 1.62. The average Bonchev–Trinajstić information content (AvgIpc) is 2.17. The van der Waals surface area contributed by atoms with Crippen LogP contribution >= 0.6 is 0 Å². The zero-order valence-corrected chi connectivity index (χ0v) is 9.24. The van der Waals surface area contributed by atoms with Gasteiger partial charge in [-0.1, -0.05) is 0 Å². The van der Waals surface area contributed by atoms with Crippen molar-refractivity contribution in [3.05, 3.63) is 11.9 Å². The second kappa shape index (κ2) is 5.20. The van der Waals surface area contributed by atoms with Crippen LogP contribution in [0.15, 0.2) is 6.07 Å². The van der Waals surface area contributed by atoms with E-state index in [1.165, 1.54) is 0 Å². The highest BCUT2D eigenvalue weighted by atomic mass is 16.5. The first-order valence-corrected chi connectivity index (χ1v) is 4.75. The Balaban J connectivity index is 2.77. The van der Waals surface area contributed by atoms with E-state index < -0.39 is 0 Å². The number of aromatic nitrogens is 2. The zero-order valence-electron chi connectivity index (χ0n) is 9.24. The molecule has 0 spiro atoms. The molecule has 4 heteroatoms. The zero-order chi connectivity index (χ0) is 11.3. The molecule has 1 rings (SSSR count). The number of hydrogen-bond acceptors (Lipinski definition) is 4. The Morgan fingerprint density at radius 1 is 1.60 bits per heavy atom. The summed E-state index contributed by atoms with van der Waals surface area (Å²) in [6.45, 7) is 3.82. The standard InChI is InChI=1S/C11H15N3O/c1-5-6-8(2)12-10-7-11(15-4)14-9(3)13-10/h1,7-8H,6H2,2-4H3,(H,12,13,14). The molecular formula is C11H15N3O. The van der Waals surface area contributed by atoms with Gasteiger partial charge in [-0.15, -0.1) is 12.3 Å². The van der Waals surface area contributed by atoms with Crippen molar-refractivity contribution in [2.45, 2.75) is 26.3 Å². The van der Waals surface area contributed by atoms with Gasteiger partial charge in [-0.3, -0.25) is 0 Å². The fourth-order valence-corrected chi connectivity index (χ4v) is 1.20. The number of ether oxygens (including phenoxy) is 1. The topological polar surface area (TPSA) is 47.0 Å². The van der Waals surface area contributed by atoms with Crippen molar-refractivity contribution in [2.75, 3.05) is 12.4 Å². The van der Waals surface area contributed by atoms with E-state index in [1.54, 1.807) is 13.2 Å². The molecule has 1 aromatic rings. The summed E-state index contributed by atoms with van der Waals surface area (Å²) in [4.78, 5) is 8.33. The Kier molecular flexibility index (Phi) is 3.92. The lowest BCUT2D eigenvalue weighted by Gasteiger charge is -2.12. The Labute approximate surface area is 90.1 Å². The van der Waals surface area contributed by atoms with Gasteiger partial charge in [0.05, 0.1) is 7.11 Å². The lowest BCUT2D eigenvalue weighted by atomic mass is 10.2. The van der Waals surface area contributed by atoms with E-state index >= 15 is 0 Å². The summed E-state index contributed by atoms with van der Waals surface area (Å²) in [6.07, 6.45) is 5.88. The molecule has 1 aromatic heterocycles. The normalized spacial score (nSPS) is 11.6. The Hall–Kier alpha value is -1.76. The summed E-state index contributed by atoms with van der Waals surface area (Å²) in [5.41, 5.74) is 0. The number of rotatable bonds is 4. The van der Waals surface area contributed by atoms with Gasteiger partial charge in [0, 0.05) is 18.5 Å². The number of nitrogens with zero attached hydrogens (tertiary/aromatic N) is 2. The van der Waals surface area contributed by atoms with E-state index in [-0.39, 0.29) is 6.04 Å². The van der Waals surface area contributed by atoms with Gasteiger partial charge in [-0.2, -0.15) is 4.98 Å². The SMILES string of the molecule is C#CCC(C)Nc1cc(OC)nc(C)n1. The number of nitrogens with one attached hydrogen (secondary N) is 1. The van der Waals surface area contributed by atoms with E-state index in [2.05, 4.69) is 21.2 Å². The predicted molar refractivity (Wildman–Crippen MR) is 59.9 cm³/mol. The summed E-state index contributed by atoms with van der Waals surface area (Å²) in [5.74, 6) is 4.56. The highest BCUT2D eigenvalue weighted by Crippen LogP contribution is 2.13. The molecule has 0 aromatic carbocycles. The van der Waals surface area contributed by atoms with Gasteiger partial charge in [-0.05, 0) is 13.8 Å². The van der Waals surface area contributed by atoms with Crippen molar-refractivity contribution >= 4 is 5.82 Å². The van der Waals surface area contributed by atoms with Crippen molar-refractivity contribution < 1.29 is 4.74 Å². The third-order valence-electron chi connectivity index (χ3n) is 1.84. The first kappa shape index (κ1) is 11.3. The van der Waals surface area contributed by atoms with Crippen LogP contribution in [-0.2, 0) is 0 Å². The van der Waals surface area contributed by atoms with Crippen molar-refractivity contribution in [3.8, 4) is 18.2 Å². The van der Waals surface area contributed by atoms with Gasteiger partial charge in [0.15, 0.2) is 0 Å². The molecule has 0 aliphatic carbocycles. The van der Waals surface area contributed by atoms with Crippen molar-refractivity contribution in [1.29, 1.82) is 0 Å². The molecule has 80 valence electrons. The van der Waals surface area contributed by atoms with Crippen LogP contribution in [0.2, 0.25) is 0 Å². The molecule has 0 aliphatic rings. The van der Waals surface area contributed by atoms with Crippen LogP contribution in [0.4, 0.5) is 5.82 Å². The quantitative estimate of drug-likeness (QED) is 0.759. The molecule has 0 aliphatic heterocycles. The molecule has 1 atom stereocenters. The van der Waals surface area contributed by atoms with Crippen molar-refractivity contribution in [1.82, 2.24) is 9.97 Å². The number of methoxy groups -OCH3 is 1. The van der Waals surface area contributed by atoms with Crippen LogP contribution in [-0.4, -0.2) is 23.1 Å². The van der Waals surface area contributed by atoms with E-state index in [0.29, 0.717) is 18.1 Å². The van der Waals surface area contributed by atoms with Crippen LogP contribution in [0.3, 0.4) is 0 Å². The smallest absolute Gasteiger partial charge is 0.218 e. The van der Waals surface area contributed by atoms with Gasteiger partial charge in [0.1, 0.15) is 11.6 Å². The van der Waals surface area contributed by atoms with E-state index in [4.69, 9.17) is 11.2 Å². The van der Waals surface area contributed by atoms with Gasteiger partial charge < -0.3 is 10.1 Å². The minimum atomic E-state index is 0.189. The summed E-state index contributed by atoms with van der Waals surface area (Å²) < 4.78 is 5.05.